The first-order chi connectivity index (χ1) is 15.2. The molecule has 0 aromatic carbocycles. The monoisotopic (exact) mass is 461 g/mol. The van der Waals surface area contributed by atoms with Crippen LogP contribution in [0.1, 0.15) is 18.5 Å². The summed E-state index contributed by atoms with van der Waals surface area (Å²) in [5.74, 6) is 0.186. The lowest BCUT2D eigenvalue weighted by Crippen LogP contribution is -2.08. The van der Waals surface area contributed by atoms with E-state index in [1.165, 1.54) is 25.4 Å². The summed E-state index contributed by atoms with van der Waals surface area (Å²) in [6.45, 7) is 1.37. The number of rotatable bonds is 5. The van der Waals surface area contributed by atoms with E-state index in [2.05, 4.69) is 30.5 Å². The number of nitrogens with one attached hydrogen (secondary N) is 1. The van der Waals surface area contributed by atoms with Crippen LogP contribution in [0, 0.1) is 0 Å². The number of hydrogen-bond acceptors (Lipinski definition) is 9. The number of carbonyl (C=O) groups excluding carboxylic acids is 1. The molecule has 0 fully saturated rings. The summed E-state index contributed by atoms with van der Waals surface area (Å²) in [6.07, 6.45) is -1.65. The van der Waals surface area contributed by atoms with E-state index in [0.717, 1.165) is 16.7 Å². The molecular weight excluding hydrogens is 447 g/mol. The van der Waals surface area contributed by atoms with Crippen LogP contribution in [0.25, 0.3) is 33.3 Å². The fourth-order valence-electron chi connectivity index (χ4n) is 2.79. The SMILES string of the molecule is CC(=O)Nc1cc(-c2nc(C(F)(F)F)cs2)c(-c2ccnc(-c3nnc(CN)o3)c2)cn1. The maximum Gasteiger partial charge on any atom is 0.434 e. The average Bonchev–Trinajstić information content (AvgIpc) is 3.43. The van der Waals surface area contributed by atoms with Crippen molar-refractivity contribution in [3.8, 4) is 33.3 Å². The van der Waals surface area contributed by atoms with Crippen LogP contribution in [0.3, 0.4) is 0 Å². The highest BCUT2D eigenvalue weighted by molar-refractivity contribution is 7.13. The van der Waals surface area contributed by atoms with Gasteiger partial charge in [0.05, 0.1) is 6.54 Å². The van der Waals surface area contributed by atoms with Gasteiger partial charge in [-0.3, -0.25) is 9.78 Å². The van der Waals surface area contributed by atoms with Crippen molar-refractivity contribution in [2.45, 2.75) is 19.6 Å². The van der Waals surface area contributed by atoms with Crippen LogP contribution in [0.4, 0.5) is 19.0 Å². The van der Waals surface area contributed by atoms with Crippen molar-refractivity contribution in [1.29, 1.82) is 0 Å². The highest BCUT2D eigenvalue weighted by Crippen LogP contribution is 2.38. The molecule has 4 rings (SSSR count). The van der Waals surface area contributed by atoms with Gasteiger partial charge in [-0.1, -0.05) is 0 Å². The summed E-state index contributed by atoms with van der Waals surface area (Å²) in [7, 11) is 0. The van der Waals surface area contributed by atoms with Gasteiger partial charge in [0.2, 0.25) is 11.8 Å². The molecule has 4 aromatic heterocycles. The first kappa shape index (κ1) is 21.5. The minimum atomic E-state index is -4.58. The molecule has 4 aromatic rings. The lowest BCUT2D eigenvalue weighted by molar-refractivity contribution is -0.140. The molecule has 0 aliphatic heterocycles. The summed E-state index contributed by atoms with van der Waals surface area (Å²) >= 11 is 0.831. The second-order valence-electron chi connectivity index (χ2n) is 6.47. The van der Waals surface area contributed by atoms with Gasteiger partial charge in [0, 0.05) is 35.8 Å². The number of thiazole rings is 1. The molecular formula is C19H14F3N7O2S. The second kappa shape index (κ2) is 8.43. The van der Waals surface area contributed by atoms with Crippen molar-refractivity contribution in [3.05, 3.63) is 47.6 Å². The largest absolute Gasteiger partial charge is 0.434 e. The molecule has 3 N–H and O–H groups in total. The molecule has 0 radical (unpaired) electrons. The van der Waals surface area contributed by atoms with E-state index in [9.17, 15) is 18.0 Å². The zero-order valence-corrected chi connectivity index (χ0v) is 17.2. The number of carbonyl (C=O) groups is 1. The minimum absolute atomic E-state index is 0.0664. The van der Waals surface area contributed by atoms with Crippen LogP contribution >= 0.6 is 11.3 Å². The smallest absolute Gasteiger partial charge is 0.418 e. The van der Waals surface area contributed by atoms with Crippen molar-refractivity contribution in [1.82, 2.24) is 25.1 Å². The third-order valence-electron chi connectivity index (χ3n) is 4.16. The standard InChI is InChI=1S/C19H14F3N7O2S/c1-9(30)26-15-5-11(18-27-14(8-32-18)19(20,21)22)12(7-25-15)10-2-3-24-13(4-10)17-29-28-16(6-23)31-17/h2-5,7-8H,6,23H2,1H3,(H,25,26,30). The van der Waals surface area contributed by atoms with Gasteiger partial charge in [-0.25, -0.2) is 9.97 Å². The predicted octanol–water partition coefficient (Wildman–Crippen LogP) is 3.75. The van der Waals surface area contributed by atoms with Crippen LogP contribution in [-0.2, 0) is 17.5 Å². The minimum Gasteiger partial charge on any atom is -0.418 e. The van der Waals surface area contributed by atoms with Crippen LogP contribution < -0.4 is 11.1 Å². The lowest BCUT2D eigenvalue weighted by atomic mass is 10.0. The topological polar surface area (TPSA) is 133 Å². The van der Waals surface area contributed by atoms with Gasteiger partial charge in [-0.05, 0) is 23.8 Å². The summed E-state index contributed by atoms with van der Waals surface area (Å²) in [5, 5.41) is 11.3. The molecule has 164 valence electrons. The highest BCUT2D eigenvalue weighted by Gasteiger charge is 2.34. The Balaban J connectivity index is 1.82. The summed E-state index contributed by atoms with van der Waals surface area (Å²) in [4.78, 5) is 23.6. The van der Waals surface area contributed by atoms with E-state index in [-0.39, 0.29) is 35.1 Å². The Morgan fingerprint density at radius 2 is 2.03 bits per heavy atom. The molecule has 4 heterocycles. The molecule has 32 heavy (non-hydrogen) atoms. The maximum absolute atomic E-state index is 13.1. The molecule has 0 spiro atoms. The molecule has 1 amide bonds. The quantitative estimate of drug-likeness (QED) is 0.459. The molecule has 0 unspecified atom stereocenters. The number of halogens is 3. The molecule has 9 nitrogen and oxygen atoms in total. The number of nitrogens with zero attached hydrogens (tertiary/aromatic N) is 5. The molecule has 0 aliphatic carbocycles. The summed E-state index contributed by atoms with van der Waals surface area (Å²) < 4.78 is 44.7. The van der Waals surface area contributed by atoms with Crippen molar-refractivity contribution >= 4 is 23.1 Å². The van der Waals surface area contributed by atoms with Crippen molar-refractivity contribution in [3.63, 3.8) is 0 Å². The van der Waals surface area contributed by atoms with E-state index in [1.54, 1.807) is 12.1 Å². The first-order valence-corrected chi connectivity index (χ1v) is 9.92. The Morgan fingerprint density at radius 3 is 2.69 bits per heavy atom. The second-order valence-corrected chi connectivity index (χ2v) is 7.32. The van der Waals surface area contributed by atoms with Gasteiger partial charge in [-0.15, -0.1) is 21.5 Å². The van der Waals surface area contributed by atoms with Crippen LogP contribution in [0.2, 0.25) is 0 Å². The van der Waals surface area contributed by atoms with Crippen LogP contribution in [0.5, 0.6) is 0 Å². The first-order valence-electron chi connectivity index (χ1n) is 9.04. The van der Waals surface area contributed by atoms with Crippen LogP contribution in [0.15, 0.2) is 40.4 Å². The number of anilines is 1. The molecule has 0 saturated carbocycles. The van der Waals surface area contributed by atoms with Gasteiger partial charge in [0.15, 0.2) is 5.69 Å². The van der Waals surface area contributed by atoms with Crippen molar-refractivity contribution in [2.75, 3.05) is 5.32 Å². The van der Waals surface area contributed by atoms with E-state index in [1.807, 2.05) is 0 Å². The molecule has 0 bridgehead atoms. The Labute approximate surface area is 182 Å². The zero-order chi connectivity index (χ0) is 22.9. The molecule has 0 atom stereocenters. The maximum atomic E-state index is 13.1. The number of amides is 1. The van der Waals surface area contributed by atoms with Gasteiger partial charge < -0.3 is 15.5 Å². The highest BCUT2D eigenvalue weighted by atomic mass is 32.1. The van der Waals surface area contributed by atoms with E-state index in [0.29, 0.717) is 22.4 Å². The third kappa shape index (κ3) is 4.48. The Kier molecular flexibility index (Phi) is 5.67. The molecule has 13 heteroatoms. The predicted molar refractivity (Wildman–Crippen MR) is 109 cm³/mol. The Bertz CT molecular complexity index is 1290. The lowest BCUT2D eigenvalue weighted by Gasteiger charge is -2.11. The fourth-order valence-corrected chi connectivity index (χ4v) is 3.65. The number of pyridine rings is 2. The van der Waals surface area contributed by atoms with Crippen molar-refractivity contribution in [2.24, 2.45) is 5.73 Å². The van der Waals surface area contributed by atoms with Gasteiger partial charge in [0.25, 0.3) is 5.89 Å². The summed E-state index contributed by atoms with van der Waals surface area (Å²) in [6, 6.07) is 4.75. The fraction of sp³-hybridized carbons (Fsp3) is 0.158. The van der Waals surface area contributed by atoms with Gasteiger partial charge in [-0.2, -0.15) is 13.2 Å². The van der Waals surface area contributed by atoms with Crippen LogP contribution in [-0.4, -0.2) is 31.1 Å². The number of alkyl halides is 3. The van der Waals surface area contributed by atoms with E-state index >= 15 is 0 Å². The zero-order valence-electron chi connectivity index (χ0n) is 16.3. The number of nitrogens with two attached hydrogens (primary N) is 1. The van der Waals surface area contributed by atoms with Gasteiger partial charge >= 0.3 is 6.18 Å². The Morgan fingerprint density at radius 1 is 1.22 bits per heavy atom. The average molecular weight is 461 g/mol. The van der Waals surface area contributed by atoms with Gasteiger partial charge in [0.1, 0.15) is 16.5 Å². The molecule has 0 saturated heterocycles. The number of aromatic nitrogens is 5. The summed E-state index contributed by atoms with van der Waals surface area (Å²) in [5.41, 5.74) is 6.24. The molecule has 0 aliphatic rings. The normalized spacial score (nSPS) is 11.5. The van der Waals surface area contributed by atoms with Crippen molar-refractivity contribution < 1.29 is 22.4 Å². The van der Waals surface area contributed by atoms with E-state index < -0.39 is 11.9 Å². The Hall–Kier alpha value is -3.71. The van der Waals surface area contributed by atoms with E-state index in [4.69, 9.17) is 10.2 Å². The number of hydrogen-bond donors (Lipinski definition) is 2. The third-order valence-corrected chi connectivity index (χ3v) is 5.04.